The number of benzene rings is 5. The average Bonchev–Trinajstić information content (AvgIpc) is 3.21. The standard InChI is InChI=1S/C45H31N5/c1-2-8-30(9-3-1)31-16-22-36(23-17-31)43-48-44(37-24-18-32(19-25-37)39-14-4-10-34-12-6-28-46-41(34)39)50-45(49-43)38-26-20-33(21-27-38)40-15-5-11-35-13-7-29-47-42(35)40/h1-29,34,41H. The Hall–Kier alpha value is -6.59. The first-order chi connectivity index (χ1) is 24.8. The molecular formula is C45H31N5. The minimum absolute atomic E-state index is 0.0951. The summed E-state index contributed by atoms with van der Waals surface area (Å²) in [6.07, 6.45) is 14.5. The second kappa shape index (κ2) is 12.8. The quantitative estimate of drug-likeness (QED) is 0.181. The van der Waals surface area contributed by atoms with E-state index in [1.165, 1.54) is 11.1 Å². The molecule has 0 N–H and O–H groups in total. The maximum absolute atomic E-state index is 5.03. The molecular weight excluding hydrogens is 611 g/mol. The molecule has 0 bridgehead atoms. The summed E-state index contributed by atoms with van der Waals surface area (Å²) >= 11 is 0. The Morgan fingerprint density at radius 2 is 1.00 bits per heavy atom. The molecule has 0 amide bonds. The van der Waals surface area contributed by atoms with E-state index in [0.29, 0.717) is 17.5 Å². The number of hydrogen-bond acceptors (Lipinski definition) is 5. The lowest BCUT2D eigenvalue weighted by molar-refractivity contribution is 0.699. The molecule has 0 saturated carbocycles. The molecule has 1 aliphatic carbocycles. The van der Waals surface area contributed by atoms with E-state index in [0.717, 1.165) is 49.8 Å². The Morgan fingerprint density at radius 1 is 0.440 bits per heavy atom. The van der Waals surface area contributed by atoms with Gasteiger partial charge in [-0.25, -0.2) is 15.0 Å². The Labute approximate surface area is 290 Å². The minimum atomic E-state index is 0.0951. The van der Waals surface area contributed by atoms with E-state index in [1.54, 1.807) is 0 Å². The zero-order valence-corrected chi connectivity index (χ0v) is 27.1. The van der Waals surface area contributed by atoms with Gasteiger partial charge in [0.2, 0.25) is 0 Å². The summed E-state index contributed by atoms with van der Waals surface area (Å²) in [6.45, 7) is 0. The number of pyridine rings is 1. The van der Waals surface area contributed by atoms with Crippen molar-refractivity contribution in [3.8, 4) is 56.4 Å². The van der Waals surface area contributed by atoms with Crippen LogP contribution in [0.1, 0.15) is 5.56 Å². The lowest BCUT2D eigenvalue weighted by Gasteiger charge is -2.26. The van der Waals surface area contributed by atoms with Crippen LogP contribution in [-0.4, -0.2) is 32.2 Å². The number of hydrogen-bond donors (Lipinski definition) is 0. The Balaban J connectivity index is 1.10. The fraction of sp³-hybridized carbons (Fsp3) is 0.0444. The van der Waals surface area contributed by atoms with Crippen molar-refractivity contribution in [2.24, 2.45) is 10.9 Å². The van der Waals surface area contributed by atoms with Gasteiger partial charge in [-0.1, -0.05) is 152 Å². The second-order valence-corrected chi connectivity index (χ2v) is 12.5. The maximum atomic E-state index is 5.03. The smallest absolute Gasteiger partial charge is 0.164 e. The van der Waals surface area contributed by atoms with E-state index in [2.05, 4.69) is 151 Å². The summed E-state index contributed by atoms with van der Waals surface area (Å²) in [5.74, 6) is 2.15. The molecule has 0 radical (unpaired) electrons. The van der Waals surface area contributed by atoms with Gasteiger partial charge in [0.15, 0.2) is 17.5 Å². The van der Waals surface area contributed by atoms with Crippen molar-refractivity contribution in [3.63, 3.8) is 0 Å². The summed E-state index contributed by atoms with van der Waals surface area (Å²) in [7, 11) is 0. The van der Waals surface area contributed by atoms with Crippen LogP contribution >= 0.6 is 0 Å². The van der Waals surface area contributed by atoms with E-state index < -0.39 is 0 Å². The van der Waals surface area contributed by atoms with Crippen LogP contribution in [0.3, 0.4) is 0 Å². The van der Waals surface area contributed by atoms with E-state index in [1.807, 2.05) is 30.6 Å². The third-order valence-corrected chi connectivity index (χ3v) is 9.41. The highest BCUT2D eigenvalue weighted by Gasteiger charge is 2.25. The van der Waals surface area contributed by atoms with E-state index in [9.17, 15) is 0 Å². The Morgan fingerprint density at radius 3 is 1.68 bits per heavy atom. The molecule has 0 spiro atoms. The highest BCUT2D eigenvalue weighted by molar-refractivity contribution is 5.93. The SMILES string of the molecule is C1=CC2C=CC=C(c3ccc(-c4nc(-c5ccc(-c6ccccc6)cc5)nc(-c5ccc(-c6cccc7cccnc67)cc5)n4)cc3)C2N=C1. The van der Waals surface area contributed by atoms with E-state index in [-0.39, 0.29) is 12.0 Å². The zero-order valence-electron chi connectivity index (χ0n) is 27.1. The molecule has 3 heterocycles. The van der Waals surface area contributed by atoms with Crippen molar-refractivity contribution < 1.29 is 0 Å². The largest absolute Gasteiger partial charge is 0.284 e. The van der Waals surface area contributed by atoms with Gasteiger partial charge in [-0.05, 0) is 40.0 Å². The molecule has 0 fully saturated rings. The Kier molecular flexibility index (Phi) is 7.56. The molecule has 5 aromatic carbocycles. The van der Waals surface area contributed by atoms with Gasteiger partial charge in [-0.2, -0.15) is 0 Å². The van der Waals surface area contributed by atoms with Crippen LogP contribution in [0.15, 0.2) is 175 Å². The molecule has 2 aromatic heterocycles. The fourth-order valence-corrected chi connectivity index (χ4v) is 6.79. The van der Waals surface area contributed by atoms with Crippen LogP contribution < -0.4 is 0 Å². The third kappa shape index (κ3) is 5.65. The molecule has 9 rings (SSSR count). The summed E-state index contributed by atoms with van der Waals surface area (Å²) in [5.41, 5.74) is 10.6. The monoisotopic (exact) mass is 641 g/mol. The summed E-state index contributed by atoms with van der Waals surface area (Å²) in [6, 6.07) is 46.1. The number of aliphatic imine (C=N–C) groups is 1. The van der Waals surface area contributed by atoms with Crippen LogP contribution in [0.4, 0.5) is 0 Å². The lowest BCUT2D eigenvalue weighted by atomic mass is 9.84. The highest BCUT2D eigenvalue weighted by Crippen LogP contribution is 2.34. The van der Waals surface area contributed by atoms with Gasteiger partial charge >= 0.3 is 0 Å². The first kappa shape index (κ1) is 29.5. The van der Waals surface area contributed by atoms with Crippen molar-refractivity contribution in [2.45, 2.75) is 6.04 Å². The zero-order chi connectivity index (χ0) is 33.3. The van der Waals surface area contributed by atoms with Crippen LogP contribution in [0.2, 0.25) is 0 Å². The lowest BCUT2D eigenvalue weighted by Crippen LogP contribution is -2.21. The first-order valence-corrected chi connectivity index (χ1v) is 16.8. The number of aromatic nitrogens is 4. The molecule has 2 atom stereocenters. The molecule has 0 saturated heterocycles. The molecule has 5 heteroatoms. The van der Waals surface area contributed by atoms with Crippen LogP contribution in [0, 0.1) is 5.92 Å². The van der Waals surface area contributed by atoms with Gasteiger partial charge in [0.05, 0.1) is 11.6 Å². The number of dihydropyridines is 1. The molecule has 236 valence electrons. The highest BCUT2D eigenvalue weighted by atomic mass is 15.0. The first-order valence-electron chi connectivity index (χ1n) is 16.8. The average molecular weight is 642 g/mol. The second-order valence-electron chi connectivity index (χ2n) is 12.5. The van der Waals surface area contributed by atoms with Crippen molar-refractivity contribution >= 4 is 22.7 Å². The van der Waals surface area contributed by atoms with Crippen molar-refractivity contribution in [3.05, 3.63) is 176 Å². The molecule has 5 nitrogen and oxygen atoms in total. The van der Waals surface area contributed by atoms with Crippen molar-refractivity contribution in [2.75, 3.05) is 0 Å². The van der Waals surface area contributed by atoms with Gasteiger partial charge in [0.25, 0.3) is 0 Å². The molecule has 50 heavy (non-hydrogen) atoms. The number of nitrogens with zero attached hydrogens (tertiary/aromatic N) is 5. The van der Waals surface area contributed by atoms with E-state index >= 15 is 0 Å². The van der Waals surface area contributed by atoms with Crippen LogP contribution in [0.5, 0.6) is 0 Å². The van der Waals surface area contributed by atoms with Crippen LogP contribution in [-0.2, 0) is 0 Å². The molecule has 7 aromatic rings. The minimum Gasteiger partial charge on any atom is -0.284 e. The predicted molar refractivity (Wildman–Crippen MR) is 204 cm³/mol. The topological polar surface area (TPSA) is 63.9 Å². The molecule has 1 aliphatic heterocycles. The van der Waals surface area contributed by atoms with Crippen LogP contribution in [0.25, 0.3) is 72.9 Å². The maximum Gasteiger partial charge on any atom is 0.164 e. The summed E-state index contributed by atoms with van der Waals surface area (Å²) in [4.78, 5) is 24.5. The molecule has 2 unspecified atom stereocenters. The third-order valence-electron chi connectivity index (χ3n) is 9.41. The van der Waals surface area contributed by atoms with Gasteiger partial charge in [-0.3, -0.25) is 9.98 Å². The number of rotatable bonds is 6. The van der Waals surface area contributed by atoms with Gasteiger partial charge in [0, 0.05) is 46.0 Å². The van der Waals surface area contributed by atoms with Gasteiger partial charge in [-0.15, -0.1) is 0 Å². The fourth-order valence-electron chi connectivity index (χ4n) is 6.79. The van der Waals surface area contributed by atoms with Gasteiger partial charge in [0.1, 0.15) is 0 Å². The Bertz CT molecular complexity index is 2450. The molecule has 2 aliphatic rings. The number of fused-ring (bicyclic) bond motifs is 2. The van der Waals surface area contributed by atoms with E-state index in [4.69, 9.17) is 19.9 Å². The summed E-state index contributed by atoms with van der Waals surface area (Å²) in [5, 5.41) is 1.12. The van der Waals surface area contributed by atoms with Crippen molar-refractivity contribution in [1.29, 1.82) is 0 Å². The summed E-state index contributed by atoms with van der Waals surface area (Å²) < 4.78 is 0. The normalized spacial score (nSPS) is 16.3. The predicted octanol–water partition coefficient (Wildman–Crippen LogP) is 10.3. The number of para-hydroxylation sites is 1. The van der Waals surface area contributed by atoms with Crippen molar-refractivity contribution in [1.82, 2.24) is 19.9 Å². The van der Waals surface area contributed by atoms with Gasteiger partial charge < -0.3 is 0 Å². The number of allylic oxidation sites excluding steroid dienone is 3.